The lowest BCUT2D eigenvalue weighted by Gasteiger charge is -2.06. The molecule has 0 unspecified atom stereocenters. The van der Waals surface area contributed by atoms with Crippen LogP contribution in [0.1, 0.15) is 5.69 Å². The average Bonchev–Trinajstić information content (AvgIpc) is 2.45. The number of benzene rings is 1. The zero-order valence-corrected chi connectivity index (χ0v) is 10.7. The Balaban J connectivity index is 2.04. The van der Waals surface area contributed by atoms with E-state index in [0.29, 0.717) is 22.8 Å². The summed E-state index contributed by atoms with van der Waals surface area (Å²) >= 11 is 5.68. The molecule has 3 rings (SSSR count). The Bertz CT molecular complexity index is 781. The van der Waals surface area contributed by atoms with Gasteiger partial charge in [-0.2, -0.15) is 0 Å². The van der Waals surface area contributed by atoms with Crippen LogP contribution in [0, 0.1) is 0 Å². The predicted octanol–water partition coefficient (Wildman–Crippen LogP) is 2.49. The fourth-order valence-electron chi connectivity index (χ4n) is 1.95. The molecule has 1 aromatic carbocycles. The number of hydrogen-bond donors (Lipinski definition) is 0. The van der Waals surface area contributed by atoms with Crippen LogP contribution >= 0.6 is 11.6 Å². The quantitative estimate of drug-likeness (QED) is 0.719. The van der Waals surface area contributed by atoms with Crippen molar-refractivity contribution in [2.45, 2.75) is 6.54 Å². The van der Waals surface area contributed by atoms with Crippen LogP contribution in [0.25, 0.3) is 10.8 Å². The summed E-state index contributed by atoms with van der Waals surface area (Å²) in [7, 11) is 0. The molecule has 3 aromatic rings. The van der Waals surface area contributed by atoms with Crippen LogP contribution < -0.4 is 5.56 Å². The van der Waals surface area contributed by atoms with Crippen LogP contribution in [0.3, 0.4) is 0 Å². The zero-order valence-electron chi connectivity index (χ0n) is 9.95. The number of halogens is 1. The number of aromatic nitrogens is 3. The Kier molecular flexibility index (Phi) is 3.01. The first-order valence-corrected chi connectivity index (χ1v) is 6.16. The molecule has 0 saturated carbocycles. The smallest absolute Gasteiger partial charge is 0.258 e. The first kappa shape index (κ1) is 11.9. The first-order chi connectivity index (χ1) is 9.24. The second-order valence-electron chi connectivity index (χ2n) is 4.17. The normalized spacial score (nSPS) is 10.8. The van der Waals surface area contributed by atoms with Crippen molar-refractivity contribution >= 4 is 22.4 Å². The molecule has 0 saturated heterocycles. The molecular formula is C14H10ClN3O. The molecule has 4 nitrogen and oxygen atoms in total. The summed E-state index contributed by atoms with van der Waals surface area (Å²) in [6.07, 6.45) is 4.81. The van der Waals surface area contributed by atoms with Gasteiger partial charge in [-0.25, -0.2) is 4.98 Å². The highest BCUT2D eigenvalue weighted by molar-refractivity contribution is 6.29. The maximum absolute atomic E-state index is 12.3. The molecule has 0 amide bonds. The molecule has 2 aromatic heterocycles. The van der Waals surface area contributed by atoms with Gasteiger partial charge in [0.25, 0.3) is 5.56 Å². The minimum Gasteiger partial charge on any atom is -0.309 e. The SMILES string of the molecule is O=c1c2ccccc2ccn1Cc1cnc(Cl)cn1. The van der Waals surface area contributed by atoms with Crippen LogP contribution in [0.5, 0.6) is 0 Å². The topological polar surface area (TPSA) is 47.8 Å². The summed E-state index contributed by atoms with van der Waals surface area (Å²) < 4.78 is 1.61. The second-order valence-corrected chi connectivity index (χ2v) is 4.55. The molecule has 19 heavy (non-hydrogen) atoms. The number of hydrogen-bond acceptors (Lipinski definition) is 3. The van der Waals surface area contributed by atoms with Crippen molar-refractivity contribution in [1.82, 2.24) is 14.5 Å². The highest BCUT2D eigenvalue weighted by atomic mass is 35.5. The van der Waals surface area contributed by atoms with Crippen molar-refractivity contribution in [2.24, 2.45) is 0 Å². The lowest BCUT2D eigenvalue weighted by Crippen LogP contribution is -2.20. The predicted molar refractivity (Wildman–Crippen MR) is 74.4 cm³/mol. The van der Waals surface area contributed by atoms with Gasteiger partial charge in [-0.3, -0.25) is 9.78 Å². The molecule has 0 aliphatic heterocycles. The highest BCUT2D eigenvalue weighted by Gasteiger charge is 2.03. The maximum Gasteiger partial charge on any atom is 0.258 e. The van der Waals surface area contributed by atoms with Gasteiger partial charge < -0.3 is 4.57 Å². The zero-order chi connectivity index (χ0) is 13.2. The van der Waals surface area contributed by atoms with E-state index in [1.807, 2.05) is 30.3 Å². The molecule has 0 atom stereocenters. The molecular weight excluding hydrogens is 262 g/mol. The Hall–Kier alpha value is -2.20. The summed E-state index contributed by atoms with van der Waals surface area (Å²) in [5.41, 5.74) is 0.664. The van der Waals surface area contributed by atoms with Crippen LogP contribution in [-0.4, -0.2) is 14.5 Å². The van der Waals surface area contributed by atoms with Crippen LogP contribution in [-0.2, 0) is 6.54 Å². The molecule has 0 N–H and O–H groups in total. The highest BCUT2D eigenvalue weighted by Crippen LogP contribution is 2.09. The largest absolute Gasteiger partial charge is 0.309 e. The first-order valence-electron chi connectivity index (χ1n) is 5.79. The lowest BCUT2D eigenvalue weighted by atomic mass is 10.2. The summed E-state index contributed by atoms with van der Waals surface area (Å²) in [5, 5.41) is 1.98. The fourth-order valence-corrected chi connectivity index (χ4v) is 2.05. The van der Waals surface area contributed by atoms with E-state index in [4.69, 9.17) is 11.6 Å². The van der Waals surface area contributed by atoms with Crippen molar-refractivity contribution < 1.29 is 0 Å². The van der Waals surface area contributed by atoms with Crippen molar-refractivity contribution in [1.29, 1.82) is 0 Å². The van der Waals surface area contributed by atoms with Crippen LogP contribution in [0.4, 0.5) is 0 Å². The van der Waals surface area contributed by atoms with Crippen molar-refractivity contribution in [3.05, 3.63) is 70.1 Å². The monoisotopic (exact) mass is 271 g/mol. The Labute approximate surface area is 114 Å². The van der Waals surface area contributed by atoms with Crippen LogP contribution in [0.2, 0.25) is 5.15 Å². The maximum atomic E-state index is 12.3. The molecule has 0 fully saturated rings. The number of pyridine rings is 1. The van der Waals surface area contributed by atoms with Gasteiger partial charge in [-0.15, -0.1) is 0 Å². The molecule has 2 heterocycles. The summed E-state index contributed by atoms with van der Waals surface area (Å²) in [6.45, 7) is 0.383. The van der Waals surface area contributed by atoms with Crippen LogP contribution in [0.15, 0.2) is 53.7 Å². The minimum absolute atomic E-state index is 0.0325. The Morgan fingerprint density at radius 3 is 2.74 bits per heavy atom. The van der Waals surface area contributed by atoms with Gasteiger partial charge >= 0.3 is 0 Å². The number of fused-ring (bicyclic) bond motifs is 1. The van der Waals surface area contributed by atoms with Crippen molar-refractivity contribution in [3.8, 4) is 0 Å². The average molecular weight is 272 g/mol. The van der Waals surface area contributed by atoms with Gasteiger partial charge in [-0.1, -0.05) is 29.8 Å². The summed E-state index contributed by atoms with van der Waals surface area (Å²) in [4.78, 5) is 20.4. The molecule has 0 aliphatic carbocycles. The van der Waals surface area contributed by atoms with E-state index < -0.39 is 0 Å². The van der Waals surface area contributed by atoms with E-state index in [1.165, 1.54) is 6.20 Å². The summed E-state index contributed by atoms with van der Waals surface area (Å²) in [5.74, 6) is 0. The third kappa shape index (κ3) is 2.35. The molecule has 0 radical (unpaired) electrons. The molecule has 0 bridgehead atoms. The summed E-state index contributed by atoms with van der Waals surface area (Å²) in [6, 6.07) is 9.43. The van der Waals surface area contributed by atoms with Gasteiger partial charge in [-0.05, 0) is 17.5 Å². The van der Waals surface area contributed by atoms with E-state index in [0.717, 1.165) is 5.39 Å². The van der Waals surface area contributed by atoms with E-state index in [9.17, 15) is 4.79 Å². The fraction of sp³-hybridized carbons (Fsp3) is 0.0714. The third-order valence-electron chi connectivity index (χ3n) is 2.89. The lowest BCUT2D eigenvalue weighted by molar-refractivity contribution is 0.742. The van der Waals surface area contributed by atoms with Crippen molar-refractivity contribution in [2.75, 3.05) is 0 Å². The standard InChI is InChI=1S/C14H10ClN3O/c15-13-8-16-11(7-17-13)9-18-6-5-10-3-1-2-4-12(10)14(18)19/h1-8H,9H2. The molecule has 5 heteroatoms. The van der Waals surface area contributed by atoms with E-state index in [2.05, 4.69) is 9.97 Å². The Morgan fingerprint density at radius 1 is 1.11 bits per heavy atom. The van der Waals surface area contributed by atoms with Gasteiger partial charge in [0.05, 0.1) is 24.6 Å². The van der Waals surface area contributed by atoms with E-state index in [1.54, 1.807) is 17.0 Å². The van der Waals surface area contributed by atoms with Gasteiger partial charge in [0.15, 0.2) is 0 Å². The second kappa shape index (κ2) is 4.82. The van der Waals surface area contributed by atoms with E-state index in [-0.39, 0.29) is 5.56 Å². The molecule has 94 valence electrons. The van der Waals surface area contributed by atoms with Gasteiger partial charge in [0, 0.05) is 11.6 Å². The number of rotatable bonds is 2. The minimum atomic E-state index is -0.0325. The number of nitrogens with zero attached hydrogens (tertiary/aromatic N) is 3. The van der Waals surface area contributed by atoms with E-state index >= 15 is 0 Å². The molecule has 0 aliphatic rings. The van der Waals surface area contributed by atoms with Crippen molar-refractivity contribution in [3.63, 3.8) is 0 Å². The molecule has 0 spiro atoms. The third-order valence-corrected chi connectivity index (χ3v) is 3.09. The Morgan fingerprint density at radius 2 is 1.95 bits per heavy atom. The van der Waals surface area contributed by atoms with Gasteiger partial charge in [0.1, 0.15) is 5.15 Å². The van der Waals surface area contributed by atoms with Gasteiger partial charge in [0.2, 0.25) is 0 Å².